The molecule has 0 aliphatic heterocycles. The van der Waals surface area contributed by atoms with Gasteiger partial charge in [0.05, 0.1) is 5.34 Å². The topological polar surface area (TPSA) is 0 Å². The lowest BCUT2D eigenvalue weighted by molar-refractivity contribution is 1.11. The fraction of sp³-hybridized carbons (Fsp3) is 1.00. The van der Waals surface area contributed by atoms with Crippen LogP contribution in [-0.2, 0) is 0 Å². The molecule has 0 spiro atoms. The van der Waals surface area contributed by atoms with Gasteiger partial charge in [0.1, 0.15) is 0 Å². The van der Waals surface area contributed by atoms with Crippen LogP contribution in [0.3, 0.4) is 0 Å². The maximum atomic E-state index is 4.76. The first-order valence-corrected chi connectivity index (χ1v) is 1.60. The third kappa shape index (κ3) is 53.7. The van der Waals surface area contributed by atoms with E-state index in [2.05, 4.69) is 0 Å². The summed E-state index contributed by atoms with van der Waals surface area (Å²) < 4.78 is 0. The first-order chi connectivity index (χ1) is 1.41. The summed E-state index contributed by atoms with van der Waals surface area (Å²) >= 11 is 9.53. The highest BCUT2D eigenvalue weighted by Gasteiger charge is 1.41. The van der Waals surface area contributed by atoms with E-state index in [0.29, 0.717) is 0 Å². The molecular weight excluding hydrogens is 134 g/mol. The first kappa shape index (κ1) is 16.9. The Morgan fingerprint density at radius 2 is 1.20 bits per heavy atom. The van der Waals surface area contributed by atoms with Gasteiger partial charge in [0.15, 0.2) is 0 Å². The Morgan fingerprint density at radius 3 is 1.20 bits per heavy atom. The summed E-state index contributed by atoms with van der Waals surface area (Å²) in [4.78, 5) is 0. The molecule has 0 aromatic rings. The van der Waals surface area contributed by atoms with E-state index < -0.39 is 0 Å². The average molecular weight is 139 g/mol. The summed E-state index contributed by atoms with van der Waals surface area (Å²) in [7, 11) is 0. The van der Waals surface area contributed by atoms with Crippen LogP contribution in [0.5, 0.6) is 0 Å². The molecule has 4 heteroatoms. The zero-order valence-corrected chi connectivity index (χ0v) is 4.88. The molecule has 0 saturated carbocycles. The van der Waals surface area contributed by atoms with Crippen LogP contribution in [0.25, 0.3) is 0 Å². The van der Waals surface area contributed by atoms with Gasteiger partial charge in [0.2, 0.25) is 0 Å². The quantitative estimate of drug-likeness (QED) is 0.448. The van der Waals surface area contributed by atoms with Gasteiger partial charge in [-0.3, -0.25) is 4.70 Å². The summed E-state index contributed by atoms with van der Waals surface area (Å²) in [5.74, 6) is 0. The van der Waals surface area contributed by atoms with Crippen molar-refractivity contribution in [1.82, 2.24) is 0 Å². The second kappa shape index (κ2) is 20.9. The third-order valence-corrected chi connectivity index (χ3v) is 0. The van der Waals surface area contributed by atoms with Gasteiger partial charge >= 0.3 is 0 Å². The van der Waals surface area contributed by atoms with E-state index in [1.54, 1.807) is 0 Å². The Bertz CT molecular complexity index is 9.61. The summed E-state index contributed by atoms with van der Waals surface area (Å²) in [5, 5.41) is 0.194. The van der Waals surface area contributed by atoms with Crippen molar-refractivity contribution in [2.24, 2.45) is 0 Å². The van der Waals surface area contributed by atoms with E-state index in [4.69, 9.17) is 23.2 Å². The zero-order valence-electron chi connectivity index (χ0n) is 2.37. The van der Waals surface area contributed by atoms with Gasteiger partial charge in [-0.2, -0.15) is 13.5 Å². The lowest BCUT2D eigenvalue weighted by Crippen LogP contribution is -1.24. The van der Waals surface area contributed by atoms with Crippen LogP contribution in [-0.4, -0.2) is 5.34 Å². The van der Waals surface area contributed by atoms with Crippen molar-refractivity contribution in [3.05, 3.63) is 0 Å². The lowest BCUT2D eigenvalue weighted by atomic mass is 11.9. The number of alkyl halides is 2. The van der Waals surface area contributed by atoms with E-state index in [0.717, 1.165) is 0 Å². The Labute approximate surface area is 47.3 Å². The molecule has 5 heavy (non-hydrogen) atoms. The predicted octanol–water partition coefficient (Wildman–Crippen LogP) is 1.69. The smallest absolute Gasteiger partial charge is 0.0967 e. The highest BCUT2D eigenvalue weighted by molar-refractivity contribution is 7.59. The van der Waals surface area contributed by atoms with Crippen molar-refractivity contribution in [2.75, 3.05) is 5.34 Å². The van der Waals surface area contributed by atoms with E-state index in [9.17, 15) is 0 Å². The largest absolute Gasteiger partial charge is 0.269 e. The van der Waals surface area contributed by atoms with Crippen LogP contribution < -0.4 is 0 Å². The number of hydrogen-bond acceptors (Lipinski definition) is 0. The molecule has 0 unspecified atom stereocenters. The highest BCUT2D eigenvalue weighted by atomic mass is 35.5. The van der Waals surface area contributed by atoms with Gasteiger partial charge in [-0.15, -0.1) is 23.2 Å². The fourth-order valence-electron chi connectivity index (χ4n) is 0. The molecule has 0 aliphatic carbocycles. The average Bonchev–Trinajstić information content (AvgIpc) is 0.918. The van der Waals surface area contributed by atoms with Crippen LogP contribution in [0.15, 0.2) is 0 Å². The van der Waals surface area contributed by atoms with Crippen molar-refractivity contribution in [1.29, 1.82) is 0 Å². The maximum Gasteiger partial charge on any atom is 0.0967 e. The standard InChI is InChI=1S/CH2Cl2.FH.H2S/c2-1-3;;/h1H2;1H;1H2. The molecule has 0 aliphatic rings. The third-order valence-electron chi connectivity index (χ3n) is 0. The Balaban J connectivity index is -0.0000000200. The van der Waals surface area contributed by atoms with Gasteiger partial charge in [-0.25, -0.2) is 0 Å². The second-order valence-corrected chi connectivity index (χ2v) is 0.909. The summed E-state index contributed by atoms with van der Waals surface area (Å²) in [6.07, 6.45) is 0. The molecule has 0 saturated heterocycles. The van der Waals surface area contributed by atoms with E-state index >= 15 is 0 Å². The molecule has 0 rings (SSSR count). The van der Waals surface area contributed by atoms with Crippen molar-refractivity contribution < 1.29 is 4.70 Å². The van der Waals surface area contributed by atoms with Gasteiger partial charge in [-0.05, 0) is 0 Å². The Hall–Kier alpha value is 0.860. The van der Waals surface area contributed by atoms with Crippen molar-refractivity contribution in [2.45, 2.75) is 0 Å². The molecular formula is CH5Cl2FS. The van der Waals surface area contributed by atoms with Crippen LogP contribution >= 0.6 is 36.7 Å². The number of halogens is 3. The Kier molecular flexibility index (Phi) is 70.8. The molecule has 0 aromatic carbocycles. The van der Waals surface area contributed by atoms with Crippen LogP contribution in [0.2, 0.25) is 0 Å². The lowest BCUT2D eigenvalue weighted by Gasteiger charge is -1.42. The zero-order chi connectivity index (χ0) is 2.71. The Morgan fingerprint density at radius 1 is 1.20 bits per heavy atom. The van der Waals surface area contributed by atoms with E-state index in [-0.39, 0.29) is 23.5 Å². The molecule has 0 radical (unpaired) electrons. The molecule has 0 bridgehead atoms. The minimum atomic E-state index is 0. The highest BCUT2D eigenvalue weighted by Crippen LogP contribution is 1.73. The molecule has 0 amide bonds. The number of hydrogen-bond donors (Lipinski definition) is 0. The van der Waals surface area contributed by atoms with Gasteiger partial charge in [0.25, 0.3) is 0 Å². The molecule has 0 atom stereocenters. The van der Waals surface area contributed by atoms with Gasteiger partial charge < -0.3 is 0 Å². The molecule has 0 aromatic heterocycles. The van der Waals surface area contributed by atoms with Gasteiger partial charge in [-0.1, -0.05) is 0 Å². The molecule has 0 fully saturated rings. The fourth-order valence-corrected chi connectivity index (χ4v) is 0. The summed E-state index contributed by atoms with van der Waals surface area (Å²) in [6, 6.07) is 0. The van der Waals surface area contributed by atoms with Crippen LogP contribution in [0.1, 0.15) is 0 Å². The number of rotatable bonds is 0. The van der Waals surface area contributed by atoms with E-state index in [1.807, 2.05) is 0 Å². The first-order valence-electron chi connectivity index (χ1n) is 0.535. The van der Waals surface area contributed by atoms with Crippen LogP contribution in [0, 0.1) is 0 Å². The van der Waals surface area contributed by atoms with Crippen molar-refractivity contribution in [3.8, 4) is 0 Å². The summed E-state index contributed by atoms with van der Waals surface area (Å²) in [6.45, 7) is 0. The van der Waals surface area contributed by atoms with Crippen LogP contribution in [0.4, 0.5) is 4.70 Å². The molecule has 0 nitrogen and oxygen atoms in total. The maximum absolute atomic E-state index is 4.76. The monoisotopic (exact) mass is 138 g/mol. The SMILES string of the molecule is ClCCl.F.S. The van der Waals surface area contributed by atoms with Crippen molar-refractivity contribution in [3.63, 3.8) is 0 Å². The molecule has 36 valence electrons. The van der Waals surface area contributed by atoms with E-state index in [1.165, 1.54) is 0 Å². The molecule has 0 heterocycles. The molecule has 0 N–H and O–H groups in total. The second-order valence-electron chi connectivity index (χ2n) is 0.101. The minimum Gasteiger partial charge on any atom is -0.269 e. The minimum absolute atomic E-state index is 0. The predicted molar refractivity (Wildman–Crippen MR) is 29.5 cm³/mol. The summed E-state index contributed by atoms with van der Waals surface area (Å²) in [5.41, 5.74) is 0. The van der Waals surface area contributed by atoms with Crippen molar-refractivity contribution >= 4 is 36.7 Å². The normalized spacial score (nSPS) is 3.60. The van der Waals surface area contributed by atoms with Gasteiger partial charge in [0, 0.05) is 0 Å².